The highest BCUT2D eigenvalue weighted by Gasteiger charge is 2.49. The molecule has 20 heavy (non-hydrogen) atoms. The number of aliphatic hydroxyl groups excluding tert-OH is 1. The second kappa shape index (κ2) is 5.09. The zero-order valence-electron chi connectivity index (χ0n) is 10.9. The van der Waals surface area contributed by atoms with Crippen LogP contribution in [-0.2, 0) is 23.8 Å². The Morgan fingerprint density at radius 2 is 1.80 bits per heavy atom. The van der Waals surface area contributed by atoms with Gasteiger partial charge in [0.2, 0.25) is 0 Å². The van der Waals surface area contributed by atoms with Crippen LogP contribution < -0.4 is 0 Å². The van der Waals surface area contributed by atoms with Gasteiger partial charge in [0, 0.05) is 0 Å². The molecule has 2 aliphatic heterocycles. The molecule has 1 aromatic rings. The van der Waals surface area contributed by atoms with Crippen molar-refractivity contribution >= 4 is 10.1 Å². The molecule has 2 saturated heterocycles. The summed E-state index contributed by atoms with van der Waals surface area (Å²) in [6.45, 7) is 2.11. The summed E-state index contributed by atoms with van der Waals surface area (Å²) < 4.78 is 40.2. The molecule has 7 heteroatoms. The van der Waals surface area contributed by atoms with Crippen LogP contribution in [0.5, 0.6) is 0 Å². The normalized spacial score (nSPS) is 33.3. The average Bonchev–Trinajstić information content (AvgIpc) is 2.95. The maximum atomic E-state index is 12.2. The summed E-state index contributed by atoms with van der Waals surface area (Å²) in [4.78, 5) is 0.102. The number of rotatable bonds is 3. The van der Waals surface area contributed by atoms with Gasteiger partial charge in [0.1, 0.15) is 24.4 Å². The third-order valence-electron chi connectivity index (χ3n) is 3.54. The van der Waals surface area contributed by atoms with Crippen LogP contribution in [0.15, 0.2) is 29.2 Å². The van der Waals surface area contributed by atoms with Gasteiger partial charge in [-0.2, -0.15) is 8.42 Å². The number of hydrogen-bond donors (Lipinski definition) is 1. The Bertz CT molecular complexity index is 581. The molecule has 3 rings (SSSR count). The van der Waals surface area contributed by atoms with Crippen LogP contribution in [-0.4, -0.2) is 51.2 Å². The van der Waals surface area contributed by atoms with Gasteiger partial charge in [0.25, 0.3) is 10.1 Å². The topological polar surface area (TPSA) is 82.1 Å². The standard InChI is InChI=1S/C13H16O6S/c1-8-2-4-9(5-3-8)20(15,16)19-11-7-18-12-10(14)6-17-13(11)12/h2-5,10-14H,6-7H2,1H3/t10-,11+,12+,13+/m0/s1. The average molecular weight is 300 g/mol. The molecule has 0 unspecified atom stereocenters. The summed E-state index contributed by atoms with van der Waals surface area (Å²) in [6, 6.07) is 6.42. The second-order valence-corrected chi connectivity index (χ2v) is 6.64. The molecule has 0 saturated carbocycles. The van der Waals surface area contributed by atoms with Crippen LogP contribution >= 0.6 is 0 Å². The molecule has 0 radical (unpaired) electrons. The molecule has 0 spiro atoms. The lowest BCUT2D eigenvalue weighted by atomic mass is 10.1. The summed E-state index contributed by atoms with van der Waals surface area (Å²) in [5.41, 5.74) is 0.968. The van der Waals surface area contributed by atoms with Gasteiger partial charge in [-0.25, -0.2) is 0 Å². The Morgan fingerprint density at radius 3 is 2.50 bits per heavy atom. The minimum absolute atomic E-state index is 0.0947. The van der Waals surface area contributed by atoms with E-state index in [0.29, 0.717) is 0 Å². The molecular formula is C13H16O6S. The van der Waals surface area contributed by atoms with Crippen LogP contribution in [0.25, 0.3) is 0 Å². The monoisotopic (exact) mass is 300 g/mol. The van der Waals surface area contributed by atoms with Gasteiger partial charge in [0.15, 0.2) is 0 Å². The van der Waals surface area contributed by atoms with Gasteiger partial charge in [-0.15, -0.1) is 0 Å². The van der Waals surface area contributed by atoms with Gasteiger partial charge in [-0.1, -0.05) is 17.7 Å². The van der Waals surface area contributed by atoms with Crippen LogP contribution in [0.1, 0.15) is 5.56 Å². The van der Waals surface area contributed by atoms with Gasteiger partial charge >= 0.3 is 0 Å². The fourth-order valence-corrected chi connectivity index (χ4v) is 3.52. The smallest absolute Gasteiger partial charge is 0.297 e. The van der Waals surface area contributed by atoms with E-state index in [0.717, 1.165) is 5.56 Å². The van der Waals surface area contributed by atoms with Gasteiger partial charge in [-0.05, 0) is 19.1 Å². The van der Waals surface area contributed by atoms with Crippen LogP contribution in [0.4, 0.5) is 0 Å². The van der Waals surface area contributed by atoms with Gasteiger partial charge in [-0.3, -0.25) is 4.18 Å². The molecule has 6 nitrogen and oxygen atoms in total. The Hall–Kier alpha value is -0.990. The highest BCUT2D eigenvalue weighted by molar-refractivity contribution is 7.86. The van der Waals surface area contributed by atoms with Gasteiger partial charge < -0.3 is 14.6 Å². The molecule has 2 fully saturated rings. The largest absolute Gasteiger partial charge is 0.388 e. The first-order valence-corrected chi connectivity index (χ1v) is 7.79. The van der Waals surface area contributed by atoms with E-state index in [2.05, 4.69) is 0 Å². The van der Waals surface area contributed by atoms with E-state index < -0.39 is 34.5 Å². The zero-order valence-corrected chi connectivity index (χ0v) is 11.7. The van der Waals surface area contributed by atoms with Crippen molar-refractivity contribution in [2.45, 2.75) is 36.2 Å². The van der Waals surface area contributed by atoms with E-state index in [9.17, 15) is 13.5 Å². The van der Waals surface area contributed by atoms with E-state index in [4.69, 9.17) is 13.7 Å². The van der Waals surface area contributed by atoms with Crippen molar-refractivity contribution in [1.29, 1.82) is 0 Å². The number of aryl methyl sites for hydroxylation is 1. The highest BCUT2D eigenvalue weighted by Crippen LogP contribution is 2.30. The highest BCUT2D eigenvalue weighted by atomic mass is 32.2. The molecule has 0 aromatic heterocycles. The summed E-state index contributed by atoms with van der Waals surface area (Å²) in [7, 11) is -3.86. The lowest BCUT2D eigenvalue weighted by molar-refractivity contribution is 0.00979. The first-order chi connectivity index (χ1) is 9.47. The maximum absolute atomic E-state index is 12.2. The Morgan fingerprint density at radius 1 is 1.15 bits per heavy atom. The van der Waals surface area contributed by atoms with Crippen LogP contribution in [0.3, 0.4) is 0 Å². The van der Waals surface area contributed by atoms with Crippen molar-refractivity contribution in [1.82, 2.24) is 0 Å². The fourth-order valence-electron chi connectivity index (χ4n) is 2.45. The molecule has 1 aromatic carbocycles. The molecule has 2 aliphatic rings. The Balaban J connectivity index is 1.76. The van der Waals surface area contributed by atoms with E-state index in [1.807, 2.05) is 6.92 Å². The second-order valence-electron chi connectivity index (χ2n) is 5.07. The number of aliphatic hydroxyl groups is 1. The fraction of sp³-hybridized carbons (Fsp3) is 0.538. The van der Waals surface area contributed by atoms with Gasteiger partial charge in [0.05, 0.1) is 18.1 Å². The summed E-state index contributed by atoms with van der Waals surface area (Å²) in [5, 5.41) is 9.61. The van der Waals surface area contributed by atoms with E-state index in [1.54, 1.807) is 12.1 Å². The molecule has 0 aliphatic carbocycles. The number of fused-ring (bicyclic) bond motifs is 1. The predicted molar refractivity (Wildman–Crippen MR) is 68.7 cm³/mol. The number of ether oxygens (including phenoxy) is 2. The third-order valence-corrected chi connectivity index (χ3v) is 4.89. The minimum Gasteiger partial charge on any atom is -0.388 e. The first kappa shape index (κ1) is 14.0. The Kier molecular flexibility index (Phi) is 3.55. The van der Waals surface area contributed by atoms with Crippen molar-refractivity contribution in [3.05, 3.63) is 29.8 Å². The van der Waals surface area contributed by atoms with E-state index in [1.165, 1.54) is 12.1 Å². The molecule has 0 amide bonds. The molecule has 1 N–H and O–H groups in total. The summed E-state index contributed by atoms with van der Waals surface area (Å²) >= 11 is 0. The molecular weight excluding hydrogens is 284 g/mol. The van der Waals surface area contributed by atoms with Crippen molar-refractivity contribution in [3.63, 3.8) is 0 Å². The SMILES string of the molecule is Cc1ccc(S(=O)(=O)O[C@@H]2CO[C@H]3[C@@H]2OC[C@@H]3O)cc1. The van der Waals surface area contributed by atoms with Crippen LogP contribution in [0, 0.1) is 6.92 Å². The van der Waals surface area contributed by atoms with E-state index >= 15 is 0 Å². The lowest BCUT2D eigenvalue weighted by Gasteiger charge is -2.16. The van der Waals surface area contributed by atoms with E-state index in [-0.39, 0.29) is 18.1 Å². The molecule has 0 bridgehead atoms. The van der Waals surface area contributed by atoms with Crippen LogP contribution in [0.2, 0.25) is 0 Å². The minimum atomic E-state index is -3.86. The number of benzene rings is 1. The van der Waals surface area contributed by atoms with Crippen molar-refractivity contribution < 1.29 is 27.2 Å². The third kappa shape index (κ3) is 2.47. The molecule has 110 valence electrons. The van der Waals surface area contributed by atoms with Crippen molar-refractivity contribution in [2.75, 3.05) is 13.2 Å². The summed E-state index contributed by atoms with van der Waals surface area (Å²) in [5.74, 6) is 0. The first-order valence-electron chi connectivity index (χ1n) is 6.38. The van der Waals surface area contributed by atoms with Crippen molar-refractivity contribution in [2.24, 2.45) is 0 Å². The quantitative estimate of drug-likeness (QED) is 0.805. The molecule has 2 heterocycles. The molecule has 4 atom stereocenters. The maximum Gasteiger partial charge on any atom is 0.297 e. The van der Waals surface area contributed by atoms with Crippen molar-refractivity contribution in [3.8, 4) is 0 Å². The Labute approximate surface area is 117 Å². The summed E-state index contributed by atoms with van der Waals surface area (Å²) in [6.07, 6.45) is -2.49. The lowest BCUT2D eigenvalue weighted by Crippen LogP contribution is -2.34. The predicted octanol–water partition coefficient (Wildman–Crippen LogP) is 0.227. The zero-order chi connectivity index (χ0) is 14.3. The number of hydrogen-bond acceptors (Lipinski definition) is 6.